The molecule has 1 aromatic carbocycles. The maximum atomic E-state index is 13.1. The molecular formula is C20H30BrN2O3P. The second kappa shape index (κ2) is 7.71. The predicted octanol–water partition coefficient (Wildman–Crippen LogP) is 3.94. The van der Waals surface area contributed by atoms with Crippen LogP contribution >= 0.6 is 25.2 Å². The van der Waals surface area contributed by atoms with E-state index < -0.39 is 17.7 Å². The summed E-state index contributed by atoms with van der Waals surface area (Å²) in [6.07, 6.45) is -0.373. The van der Waals surface area contributed by atoms with Gasteiger partial charge in [0.25, 0.3) is 0 Å². The Labute approximate surface area is 173 Å². The number of nitrogens with zero attached hydrogens (tertiary/aromatic N) is 2. The first-order chi connectivity index (χ1) is 12.2. The van der Waals surface area contributed by atoms with Crippen molar-refractivity contribution in [2.24, 2.45) is 5.41 Å². The molecule has 1 aliphatic rings. The van der Waals surface area contributed by atoms with E-state index in [-0.39, 0.29) is 17.5 Å². The molecule has 1 fully saturated rings. The SMILES string of the molecule is CN1C(=O)[C@H](Cc2ccc(Br)cc2P)N(C(=O)OC(C)(C)C)C1C(C)(C)C. The quantitative estimate of drug-likeness (QED) is 0.633. The first-order valence-corrected chi connectivity index (χ1v) is 10.4. The summed E-state index contributed by atoms with van der Waals surface area (Å²) in [6, 6.07) is 5.33. The van der Waals surface area contributed by atoms with Gasteiger partial charge in [-0.1, -0.05) is 42.8 Å². The highest BCUT2D eigenvalue weighted by Crippen LogP contribution is 2.36. The molecule has 0 radical (unpaired) electrons. The van der Waals surface area contributed by atoms with Crippen LogP contribution in [0.25, 0.3) is 0 Å². The maximum absolute atomic E-state index is 13.1. The summed E-state index contributed by atoms with van der Waals surface area (Å²) in [4.78, 5) is 29.4. The molecule has 3 atom stereocenters. The van der Waals surface area contributed by atoms with Crippen LogP contribution < -0.4 is 5.30 Å². The van der Waals surface area contributed by atoms with Gasteiger partial charge in [0, 0.05) is 23.4 Å². The Kier molecular flexibility index (Phi) is 6.33. The van der Waals surface area contributed by atoms with E-state index in [1.54, 1.807) is 16.8 Å². The first kappa shape index (κ1) is 22.2. The molecule has 7 heteroatoms. The van der Waals surface area contributed by atoms with Crippen LogP contribution in [-0.2, 0) is 16.0 Å². The van der Waals surface area contributed by atoms with E-state index in [4.69, 9.17) is 4.74 Å². The van der Waals surface area contributed by atoms with Crippen molar-refractivity contribution < 1.29 is 14.3 Å². The molecule has 0 aliphatic carbocycles. The van der Waals surface area contributed by atoms with Gasteiger partial charge in [0.2, 0.25) is 5.91 Å². The number of halogens is 1. The number of rotatable bonds is 2. The van der Waals surface area contributed by atoms with Crippen molar-refractivity contribution in [1.29, 1.82) is 0 Å². The van der Waals surface area contributed by atoms with E-state index in [1.807, 2.05) is 59.7 Å². The Morgan fingerprint density at radius 2 is 1.81 bits per heavy atom. The van der Waals surface area contributed by atoms with Crippen molar-refractivity contribution in [3.8, 4) is 0 Å². The van der Waals surface area contributed by atoms with Crippen molar-refractivity contribution >= 4 is 42.5 Å². The van der Waals surface area contributed by atoms with Gasteiger partial charge >= 0.3 is 6.09 Å². The third-order valence-electron chi connectivity index (χ3n) is 4.50. The van der Waals surface area contributed by atoms with Gasteiger partial charge in [0.1, 0.15) is 17.8 Å². The Balaban J connectivity index is 2.45. The zero-order valence-corrected chi connectivity index (χ0v) is 19.9. The Hall–Kier alpha value is -1.13. The molecule has 0 N–H and O–H groups in total. The lowest BCUT2D eigenvalue weighted by Crippen LogP contribution is -2.52. The Bertz CT molecular complexity index is 740. The average molecular weight is 457 g/mol. The van der Waals surface area contributed by atoms with E-state index in [0.717, 1.165) is 15.3 Å². The molecule has 27 heavy (non-hydrogen) atoms. The molecule has 1 heterocycles. The van der Waals surface area contributed by atoms with Gasteiger partial charge in [-0.2, -0.15) is 0 Å². The summed E-state index contributed by atoms with van der Waals surface area (Å²) >= 11 is 3.46. The molecule has 2 rings (SSSR count). The lowest BCUT2D eigenvalue weighted by molar-refractivity contribution is -0.129. The van der Waals surface area contributed by atoms with Gasteiger partial charge in [-0.15, -0.1) is 9.24 Å². The van der Waals surface area contributed by atoms with Gasteiger partial charge in [-0.05, 0) is 43.8 Å². The average Bonchev–Trinajstić information content (AvgIpc) is 2.73. The summed E-state index contributed by atoms with van der Waals surface area (Å²) in [5.74, 6) is -0.0619. The fourth-order valence-corrected chi connectivity index (χ4v) is 4.53. The van der Waals surface area contributed by atoms with Crippen LogP contribution in [0.15, 0.2) is 22.7 Å². The Morgan fingerprint density at radius 1 is 1.22 bits per heavy atom. The molecule has 0 aromatic heterocycles. The number of likely N-dealkylation sites (N-methyl/N-ethyl adjacent to an activating group) is 1. The van der Waals surface area contributed by atoms with Crippen LogP contribution in [0, 0.1) is 5.41 Å². The van der Waals surface area contributed by atoms with Crippen molar-refractivity contribution in [1.82, 2.24) is 9.80 Å². The van der Waals surface area contributed by atoms with E-state index in [9.17, 15) is 9.59 Å². The van der Waals surface area contributed by atoms with Crippen LogP contribution in [0.5, 0.6) is 0 Å². The topological polar surface area (TPSA) is 49.9 Å². The van der Waals surface area contributed by atoms with Crippen LogP contribution in [0.3, 0.4) is 0 Å². The van der Waals surface area contributed by atoms with Crippen LogP contribution in [-0.4, -0.2) is 46.7 Å². The second-order valence-electron chi connectivity index (χ2n) is 9.14. The molecule has 1 aliphatic heterocycles. The zero-order chi connectivity index (χ0) is 20.7. The van der Waals surface area contributed by atoms with Gasteiger partial charge in [0.15, 0.2) is 0 Å². The van der Waals surface area contributed by atoms with Gasteiger partial charge in [0.05, 0.1) is 0 Å². The summed E-state index contributed by atoms with van der Waals surface area (Å²) in [5, 5.41) is 1.00. The molecule has 150 valence electrons. The van der Waals surface area contributed by atoms with Crippen LogP contribution in [0.2, 0.25) is 0 Å². The molecule has 0 saturated carbocycles. The molecular weight excluding hydrogens is 427 g/mol. The summed E-state index contributed by atoms with van der Waals surface area (Å²) in [7, 11) is 4.47. The van der Waals surface area contributed by atoms with Crippen molar-refractivity contribution in [2.75, 3.05) is 7.05 Å². The third kappa shape index (κ3) is 5.03. The highest BCUT2D eigenvalue weighted by atomic mass is 79.9. The smallest absolute Gasteiger partial charge is 0.412 e. The minimum absolute atomic E-state index is 0.0619. The lowest BCUT2D eigenvalue weighted by Gasteiger charge is -2.39. The predicted molar refractivity (Wildman–Crippen MR) is 115 cm³/mol. The minimum Gasteiger partial charge on any atom is -0.444 e. The number of carbonyl (C=O) groups excluding carboxylic acids is 2. The summed E-state index contributed by atoms with van der Waals surface area (Å²) in [6.45, 7) is 11.6. The highest BCUT2D eigenvalue weighted by molar-refractivity contribution is 9.10. The number of amides is 2. The first-order valence-electron chi connectivity index (χ1n) is 9.04. The molecule has 2 amide bonds. The molecule has 0 spiro atoms. The second-order valence-corrected chi connectivity index (χ2v) is 10.7. The van der Waals surface area contributed by atoms with E-state index in [0.29, 0.717) is 6.42 Å². The number of hydrogen-bond acceptors (Lipinski definition) is 3. The molecule has 5 nitrogen and oxygen atoms in total. The number of ether oxygens (including phenoxy) is 1. The fourth-order valence-electron chi connectivity index (χ4n) is 3.52. The normalized spacial score (nSPS) is 21.0. The molecule has 1 aromatic rings. The molecule has 1 saturated heterocycles. The largest absolute Gasteiger partial charge is 0.444 e. The van der Waals surface area contributed by atoms with Crippen molar-refractivity contribution in [3.63, 3.8) is 0 Å². The summed E-state index contributed by atoms with van der Waals surface area (Å²) in [5.41, 5.74) is 0.0788. The van der Waals surface area contributed by atoms with Crippen molar-refractivity contribution in [2.45, 2.75) is 65.8 Å². The van der Waals surface area contributed by atoms with Crippen LogP contribution in [0.4, 0.5) is 4.79 Å². The minimum atomic E-state index is -0.627. The monoisotopic (exact) mass is 456 g/mol. The number of hydrogen-bond donors (Lipinski definition) is 0. The van der Waals surface area contributed by atoms with Gasteiger partial charge < -0.3 is 9.64 Å². The standard InChI is InChI=1S/C20H30BrN2O3P/c1-19(2,3)17-22(7)16(24)14(23(17)18(25)26-20(4,5)6)10-12-8-9-13(21)11-15(12)27/h8-9,11,14,17H,10,27H2,1-7H3/t14-,17?/m0/s1. The van der Waals surface area contributed by atoms with E-state index >= 15 is 0 Å². The highest BCUT2D eigenvalue weighted by Gasteiger charge is 2.52. The van der Waals surface area contributed by atoms with Crippen molar-refractivity contribution in [3.05, 3.63) is 28.2 Å². The molecule has 2 unspecified atom stereocenters. The van der Waals surface area contributed by atoms with Crippen LogP contribution in [0.1, 0.15) is 47.1 Å². The number of carbonyl (C=O) groups is 2. The van der Waals surface area contributed by atoms with Gasteiger partial charge in [-0.3, -0.25) is 9.69 Å². The zero-order valence-electron chi connectivity index (χ0n) is 17.2. The Morgan fingerprint density at radius 3 is 2.30 bits per heavy atom. The van der Waals surface area contributed by atoms with E-state index in [1.165, 1.54) is 0 Å². The fraction of sp³-hybridized carbons (Fsp3) is 0.600. The van der Waals surface area contributed by atoms with Gasteiger partial charge in [-0.25, -0.2) is 4.79 Å². The lowest BCUT2D eigenvalue weighted by atomic mass is 9.91. The third-order valence-corrected chi connectivity index (χ3v) is 5.53. The van der Waals surface area contributed by atoms with E-state index in [2.05, 4.69) is 25.2 Å². The maximum Gasteiger partial charge on any atom is 0.412 e. The molecule has 0 bridgehead atoms. The number of benzene rings is 1. The summed E-state index contributed by atoms with van der Waals surface area (Å²) < 4.78 is 6.63.